The number of rotatable bonds is 9. The lowest BCUT2D eigenvalue weighted by Gasteiger charge is -2.56. The number of phenols is 1. The zero-order valence-corrected chi connectivity index (χ0v) is 25.2. The summed E-state index contributed by atoms with van der Waals surface area (Å²) in [6, 6.07) is 15.2. The lowest BCUT2D eigenvalue weighted by Crippen LogP contribution is -2.51. The van der Waals surface area contributed by atoms with Crippen molar-refractivity contribution in [2.45, 2.75) is 95.3 Å². The summed E-state index contributed by atoms with van der Waals surface area (Å²) in [5, 5.41) is 10.6. The Morgan fingerprint density at radius 2 is 1.72 bits per heavy atom. The first-order valence-corrected chi connectivity index (χ1v) is 16.2. The van der Waals surface area contributed by atoms with E-state index in [1.807, 2.05) is 0 Å². The smallest absolute Gasteiger partial charge is 0.337 e. The Hall–Kier alpha value is -3.45. The minimum atomic E-state index is -0.465. The normalized spacial score (nSPS) is 26.8. The van der Waals surface area contributed by atoms with Crippen LogP contribution in [0.15, 0.2) is 53.5 Å². The number of carbonyl (C=O) groups excluding carboxylic acids is 1. The molecular weight excluding hydrogens is 538 g/mol. The molecule has 43 heavy (non-hydrogen) atoms. The maximum Gasteiger partial charge on any atom is 0.337 e. The van der Waals surface area contributed by atoms with Gasteiger partial charge in [-0.05, 0) is 92.9 Å². The van der Waals surface area contributed by atoms with E-state index in [2.05, 4.69) is 39.9 Å². The quantitative estimate of drug-likeness (QED) is 0.207. The van der Waals surface area contributed by atoms with E-state index in [0.29, 0.717) is 23.8 Å². The molecule has 5 fully saturated rings. The summed E-state index contributed by atoms with van der Waals surface area (Å²) in [5.41, 5.74) is 3.70. The zero-order valence-electron chi connectivity index (χ0n) is 25.2. The highest BCUT2D eigenvalue weighted by Gasteiger charge is 2.51. The fourth-order valence-corrected chi connectivity index (χ4v) is 8.83. The Morgan fingerprint density at radius 1 is 1.02 bits per heavy atom. The van der Waals surface area contributed by atoms with Crippen molar-refractivity contribution in [1.29, 1.82) is 0 Å². The van der Waals surface area contributed by atoms with Gasteiger partial charge >= 0.3 is 5.97 Å². The van der Waals surface area contributed by atoms with E-state index in [0.717, 1.165) is 54.4 Å². The summed E-state index contributed by atoms with van der Waals surface area (Å²) in [7, 11) is 1.35. The monoisotopic (exact) mass is 581 g/mol. The molecule has 0 unspecified atom stereocenters. The number of hydrogen-bond donors (Lipinski definition) is 1. The van der Waals surface area contributed by atoms with Crippen LogP contribution in [0.4, 0.5) is 5.69 Å². The largest absolute Gasteiger partial charge is 0.506 e. The van der Waals surface area contributed by atoms with Gasteiger partial charge in [0.15, 0.2) is 0 Å². The van der Waals surface area contributed by atoms with Gasteiger partial charge in [0, 0.05) is 12.5 Å². The Balaban J connectivity index is 1.27. The summed E-state index contributed by atoms with van der Waals surface area (Å²) in [6.07, 6.45) is 15.4. The highest BCUT2D eigenvalue weighted by atomic mass is 16.5. The lowest BCUT2D eigenvalue weighted by atomic mass is 9.54. The molecule has 4 bridgehead atoms. The molecule has 0 radical (unpaired) electrons. The number of ether oxygens (including phenoxy) is 2. The summed E-state index contributed by atoms with van der Waals surface area (Å²) < 4.78 is 14.3. The number of aromatic hydroxyl groups is 1. The molecule has 1 heterocycles. The second-order valence-corrected chi connectivity index (χ2v) is 13.6. The molecule has 1 N–H and O–H groups in total. The first kappa shape index (κ1) is 28.3. The number of benzene rings is 2. The van der Waals surface area contributed by atoms with Crippen molar-refractivity contribution < 1.29 is 19.4 Å². The van der Waals surface area contributed by atoms with Crippen molar-refractivity contribution >= 4 is 17.9 Å². The van der Waals surface area contributed by atoms with E-state index in [1.54, 1.807) is 18.3 Å². The summed E-state index contributed by atoms with van der Waals surface area (Å²) in [5.74, 6) is 3.48. The summed E-state index contributed by atoms with van der Waals surface area (Å²) in [6.45, 7) is 1.23. The molecule has 5 saturated carbocycles. The van der Waals surface area contributed by atoms with Gasteiger partial charge in [-0.2, -0.15) is 0 Å². The van der Waals surface area contributed by atoms with Gasteiger partial charge in [0.1, 0.15) is 23.0 Å². The van der Waals surface area contributed by atoms with Crippen molar-refractivity contribution in [3.63, 3.8) is 0 Å². The molecule has 7 nitrogen and oxygen atoms in total. The van der Waals surface area contributed by atoms with E-state index in [1.165, 1.54) is 76.5 Å². The average molecular weight is 582 g/mol. The zero-order chi connectivity index (χ0) is 29.4. The molecule has 3 aromatic rings. The van der Waals surface area contributed by atoms with E-state index in [9.17, 15) is 9.90 Å². The van der Waals surface area contributed by atoms with Gasteiger partial charge in [-0.15, -0.1) is 0 Å². The molecule has 0 aliphatic heterocycles. The van der Waals surface area contributed by atoms with E-state index >= 15 is 0 Å². The average Bonchev–Trinajstić information content (AvgIpc) is 3.36. The third-order valence-corrected chi connectivity index (χ3v) is 10.5. The number of aromatic nitrogens is 2. The van der Waals surface area contributed by atoms with Crippen molar-refractivity contribution in [1.82, 2.24) is 9.55 Å². The number of phenolic OH excluding ortho intramolecular Hbond substituents is 1. The molecule has 0 saturated heterocycles. The number of carbonyl (C=O) groups is 1. The second kappa shape index (κ2) is 11.9. The van der Waals surface area contributed by atoms with Gasteiger partial charge < -0.3 is 19.1 Å². The maximum atomic E-state index is 12.2. The lowest BCUT2D eigenvalue weighted by molar-refractivity contribution is -0.169. The predicted octanol–water partition coefficient (Wildman–Crippen LogP) is 7.71. The maximum absolute atomic E-state index is 12.2. The molecule has 2 aromatic carbocycles. The molecule has 7 heteroatoms. The Morgan fingerprint density at radius 3 is 2.40 bits per heavy atom. The third kappa shape index (κ3) is 5.88. The molecular formula is C36H43N3O4. The van der Waals surface area contributed by atoms with E-state index < -0.39 is 5.97 Å². The second-order valence-electron chi connectivity index (χ2n) is 13.6. The van der Waals surface area contributed by atoms with Crippen LogP contribution in [-0.2, 0) is 22.6 Å². The standard InChI is InChI=1S/C36H43N3O4/c1-42-35(41)29-12-13-33(40)30(17-29)37-21-31-32(23-43-36-18-25-14-26(19-36)16-27(15-25)20-36)39(22-24-8-4-2-5-9-24)34(38-31)28-10-6-3-7-11-28/h2,4-5,8-9,12-13,17,21,25-28,40H,3,6-7,10-11,14-16,18-20,22-23H2,1H3. The number of aliphatic imine (C=N–C) groups is 1. The minimum absolute atomic E-state index is 0.00601. The molecule has 0 amide bonds. The van der Waals surface area contributed by atoms with Crippen LogP contribution in [0.1, 0.15) is 110 Å². The van der Waals surface area contributed by atoms with Gasteiger partial charge in [-0.3, -0.25) is 4.99 Å². The first-order chi connectivity index (χ1) is 21.0. The van der Waals surface area contributed by atoms with Crippen LogP contribution in [0.2, 0.25) is 0 Å². The van der Waals surface area contributed by atoms with E-state index in [4.69, 9.17) is 14.5 Å². The predicted molar refractivity (Wildman–Crippen MR) is 166 cm³/mol. The van der Waals surface area contributed by atoms with Crippen LogP contribution in [0.25, 0.3) is 0 Å². The fourth-order valence-electron chi connectivity index (χ4n) is 8.83. The van der Waals surface area contributed by atoms with Crippen LogP contribution in [0.3, 0.4) is 0 Å². The van der Waals surface area contributed by atoms with Gasteiger partial charge in [-0.25, -0.2) is 9.78 Å². The van der Waals surface area contributed by atoms with E-state index in [-0.39, 0.29) is 11.4 Å². The highest BCUT2D eigenvalue weighted by molar-refractivity contribution is 5.91. The molecule has 1 aromatic heterocycles. The summed E-state index contributed by atoms with van der Waals surface area (Å²) >= 11 is 0. The van der Waals surface area contributed by atoms with Gasteiger partial charge in [0.2, 0.25) is 0 Å². The fraction of sp³-hybridized carbons (Fsp3) is 0.528. The van der Waals surface area contributed by atoms with Crippen molar-refractivity contribution in [3.05, 3.63) is 76.9 Å². The number of hydrogen-bond acceptors (Lipinski definition) is 6. The third-order valence-electron chi connectivity index (χ3n) is 10.5. The molecule has 8 rings (SSSR count). The first-order valence-electron chi connectivity index (χ1n) is 16.2. The minimum Gasteiger partial charge on any atom is -0.506 e. The number of nitrogens with zero attached hydrogens (tertiary/aromatic N) is 3. The van der Waals surface area contributed by atoms with Crippen LogP contribution < -0.4 is 0 Å². The van der Waals surface area contributed by atoms with Crippen molar-refractivity contribution in [2.75, 3.05) is 7.11 Å². The van der Waals surface area contributed by atoms with Gasteiger partial charge in [0.25, 0.3) is 0 Å². The molecule has 5 aliphatic carbocycles. The van der Waals surface area contributed by atoms with Gasteiger partial charge in [-0.1, -0.05) is 49.6 Å². The van der Waals surface area contributed by atoms with Crippen molar-refractivity contribution in [3.8, 4) is 5.75 Å². The topological polar surface area (TPSA) is 85.9 Å². The van der Waals surface area contributed by atoms with Gasteiger partial charge in [0.05, 0.1) is 36.8 Å². The molecule has 0 spiro atoms. The Labute approximate surface area is 254 Å². The van der Waals surface area contributed by atoms with Crippen LogP contribution >= 0.6 is 0 Å². The van der Waals surface area contributed by atoms with Crippen LogP contribution in [0, 0.1) is 17.8 Å². The number of esters is 1. The van der Waals surface area contributed by atoms with Crippen LogP contribution in [0.5, 0.6) is 5.75 Å². The van der Waals surface area contributed by atoms with Crippen molar-refractivity contribution in [2.24, 2.45) is 22.7 Å². The summed E-state index contributed by atoms with van der Waals surface area (Å²) in [4.78, 5) is 22.1. The highest BCUT2D eigenvalue weighted by Crippen LogP contribution is 2.57. The molecule has 226 valence electrons. The molecule has 5 aliphatic rings. The molecule has 0 atom stereocenters. The Kier molecular flexibility index (Phi) is 7.85. The van der Waals surface area contributed by atoms with Crippen LogP contribution in [-0.4, -0.2) is 39.6 Å². The Bertz CT molecular complexity index is 1450. The number of imidazole rings is 1. The number of methoxy groups -OCH3 is 1. The SMILES string of the molecule is COC(=O)c1ccc(O)c(N=Cc2nc(C3CCCCC3)n(Cc3ccccc3)c2COC23CC4CC(CC(C4)C2)C3)c1.